The molecule has 1 atom stereocenters. The predicted molar refractivity (Wildman–Crippen MR) is 140 cm³/mol. The number of hydrogen-bond acceptors (Lipinski definition) is 5. The van der Waals surface area contributed by atoms with Gasteiger partial charge in [0.25, 0.3) is 0 Å². The van der Waals surface area contributed by atoms with E-state index >= 15 is 0 Å². The number of carbonyl (C=O) groups excluding carboxylic acids is 1. The van der Waals surface area contributed by atoms with Crippen molar-refractivity contribution in [1.82, 2.24) is 9.55 Å². The van der Waals surface area contributed by atoms with E-state index in [4.69, 9.17) is 4.74 Å². The van der Waals surface area contributed by atoms with Crippen LogP contribution in [0.5, 0.6) is 0 Å². The van der Waals surface area contributed by atoms with Gasteiger partial charge in [0.05, 0.1) is 30.7 Å². The third kappa shape index (κ3) is 4.90. The second-order valence-electron chi connectivity index (χ2n) is 8.46. The smallest absolute Gasteiger partial charge is 0.338 e. The van der Waals surface area contributed by atoms with Crippen LogP contribution in [0.25, 0.3) is 16.8 Å². The monoisotopic (exact) mass is 486 g/mol. The molecule has 0 aliphatic rings. The Morgan fingerprint density at radius 3 is 2.46 bits per heavy atom. The van der Waals surface area contributed by atoms with Crippen molar-refractivity contribution in [2.24, 2.45) is 0 Å². The van der Waals surface area contributed by atoms with E-state index in [0.717, 1.165) is 44.4 Å². The number of nitrogens with zero attached hydrogens (tertiary/aromatic N) is 2. The zero-order valence-corrected chi connectivity index (χ0v) is 21.3. The Kier molecular flexibility index (Phi) is 7.73. The Balaban J connectivity index is 1.92. The summed E-state index contributed by atoms with van der Waals surface area (Å²) in [6.07, 6.45) is 2.76. The minimum atomic E-state index is -0.368. The van der Waals surface area contributed by atoms with Crippen molar-refractivity contribution >= 4 is 17.7 Å². The zero-order valence-electron chi connectivity index (χ0n) is 20.5. The normalized spacial score (nSPS) is 11.9. The number of hydrogen-bond donors (Lipinski definition) is 1. The maximum absolute atomic E-state index is 12.5. The molecule has 0 spiro atoms. The number of aliphatic hydroxyl groups is 1. The highest BCUT2D eigenvalue weighted by Gasteiger charge is 2.23. The Morgan fingerprint density at radius 2 is 1.77 bits per heavy atom. The van der Waals surface area contributed by atoms with Crippen molar-refractivity contribution in [2.75, 3.05) is 7.11 Å². The lowest BCUT2D eigenvalue weighted by atomic mass is 9.88. The minimum absolute atomic E-state index is 0.141. The standard InChI is InChI=1S/C29H30N2O3S/c1-5-19(2)22-15-16-23(24-13-9-10-14-25(24)29(33)34-4)20(3)27(22)31-18-30-28(26(31)17-32)35-21-11-7-6-8-12-21/h6-16,18-19,32H,5,17H2,1-4H3. The summed E-state index contributed by atoms with van der Waals surface area (Å²) in [5, 5.41) is 11.2. The van der Waals surface area contributed by atoms with E-state index < -0.39 is 0 Å². The second kappa shape index (κ2) is 10.9. The molecule has 0 bridgehead atoms. The van der Waals surface area contributed by atoms with E-state index in [2.05, 4.69) is 37.9 Å². The topological polar surface area (TPSA) is 64.4 Å². The highest BCUT2D eigenvalue weighted by molar-refractivity contribution is 7.99. The molecule has 1 N–H and O–H groups in total. The van der Waals surface area contributed by atoms with Gasteiger partial charge in [0, 0.05) is 4.90 Å². The quantitative estimate of drug-likeness (QED) is 0.278. The van der Waals surface area contributed by atoms with Crippen molar-refractivity contribution in [1.29, 1.82) is 0 Å². The maximum Gasteiger partial charge on any atom is 0.338 e. The third-order valence-corrected chi connectivity index (χ3v) is 7.45. The highest BCUT2D eigenvalue weighted by Crippen LogP contribution is 2.38. The van der Waals surface area contributed by atoms with Crippen molar-refractivity contribution in [3.05, 3.63) is 95.4 Å². The molecule has 4 rings (SSSR count). The summed E-state index contributed by atoms with van der Waals surface area (Å²) >= 11 is 1.54. The molecule has 35 heavy (non-hydrogen) atoms. The molecule has 4 aromatic rings. The SMILES string of the molecule is CCC(C)c1ccc(-c2ccccc2C(=O)OC)c(C)c1-n1cnc(Sc2ccccc2)c1CO. The number of ether oxygens (including phenoxy) is 1. The van der Waals surface area contributed by atoms with Gasteiger partial charge >= 0.3 is 5.97 Å². The summed E-state index contributed by atoms with van der Waals surface area (Å²) in [4.78, 5) is 18.2. The van der Waals surface area contributed by atoms with Gasteiger partial charge in [0.1, 0.15) is 11.4 Å². The van der Waals surface area contributed by atoms with Gasteiger partial charge in [-0.3, -0.25) is 4.57 Å². The summed E-state index contributed by atoms with van der Waals surface area (Å²) in [6, 6.07) is 21.7. The number of rotatable bonds is 8. The zero-order chi connectivity index (χ0) is 24.9. The Morgan fingerprint density at radius 1 is 1.06 bits per heavy atom. The van der Waals surface area contributed by atoms with Gasteiger partial charge in [-0.2, -0.15) is 0 Å². The number of methoxy groups -OCH3 is 1. The first-order valence-electron chi connectivity index (χ1n) is 11.7. The van der Waals surface area contributed by atoms with Crippen molar-refractivity contribution < 1.29 is 14.6 Å². The Hall–Kier alpha value is -3.35. The van der Waals surface area contributed by atoms with Crippen LogP contribution in [0.3, 0.4) is 0 Å². The highest BCUT2D eigenvalue weighted by atomic mass is 32.2. The molecule has 180 valence electrons. The first kappa shape index (κ1) is 24.8. The molecular formula is C29H30N2O3S. The van der Waals surface area contributed by atoms with Gasteiger partial charge in [0.15, 0.2) is 0 Å². The van der Waals surface area contributed by atoms with Gasteiger partial charge in [-0.1, -0.05) is 74.1 Å². The van der Waals surface area contributed by atoms with Gasteiger partial charge < -0.3 is 9.84 Å². The Labute approximate surface area is 210 Å². The van der Waals surface area contributed by atoms with E-state index in [0.29, 0.717) is 11.5 Å². The number of aromatic nitrogens is 2. The Bertz CT molecular complexity index is 1330. The fourth-order valence-corrected chi connectivity index (χ4v) is 5.23. The molecular weight excluding hydrogens is 456 g/mol. The summed E-state index contributed by atoms with van der Waals surface area (Å²) in [5.74, 6) is -0.0689. The summed E-state index contributed by atoms with van der Waals surface area (Å²) in [7, 11) is 1.40. The molecule has 0 saturated heterocycles. The molecule has 0 saturated carbocycles. The molecule has 0 amide bonds. The maximum atomic E-state index is 12.5. The number of carbonyl (C=O) groups is 1. The molecule has 0 fully saturated rings. The molecule has 1 heterocycles. The van der Waals surface area contributed by atoms with Crippen LogP contribution in [0.4, 0.5) is 0 Å². The van der Waals surface area contributed by atoms with E-state index in [1.807, 2.05) is 53.1 Å². The van der Waals surface area contributed by atoms with Crippen molar-refractivity contribution in [3.63, 3.8) is 0 Å². The first-order valence-corrected chi connectivity index (χ1v) is 12.5. The fraction of sp³-hybridized carbons (Fsp3) is 0.241. The summed E-state index contributed by atoms with van der Waals surface area (Å²) in [5.41, 5.74) is 6.21. The van der Waals surface area contributed by atoms with Crippen LogP contribution < -0.4 is 0 Å². The van der Waals surface area contributed by atoms with Gasteiger partial charge in [0.2, 0.25) is 0 Å². The first-order chi connectivity index (χ1) is 17.0. The molecule has 1 unspecified atom stereocenters. The molecule has 6 heteroatoms. The number of aliphatic hydroxyl groups excluding tert-OH is 1. The van der Waals surface area contributed by atoms with Crippen LogP contribution in [0.2, 0.25) is 0 Å². The molecule has 0 aliphatic heterocycles. The van der Waals surface area contributed by atoms with Gasteiger partial charge in [-0.05, 0) is 59.7 Å². The number of imidazole rings is 1. The lowest BCUT2D eigenvalue weighted by molar-refractivity contribution is 0.0601. The minimum Gasteiger partial charge on any atom is -0.465 e. The largest absolute Gasteiger partial charge is 0.465 e. The van der Waals surface area contributed by atoms with Crippen LogP contribution in [-0.2, 0) is 11.3 Å². The van der Waals surface area contributed by atoms with Crippen LogP contribution in [0.15, 0.2) is 83.0 Å². The van der Waals surface area contributed by atoms with E-state index in [1.165, 1.54) is 24.4 Å². The van der Waals surface area contributed by atoms with Crippen molar-refractivity contribution in [3.8, 4) is 16.8 Å². The van der Waals surface area contributed by atoms with Crippen LogP contribution >= 0.6 is 11.8 Å². The molecule has 0 radical (unpaired) electrons. The number of esters is 1. The van der Waals surface area contributed by atoms with Gasteiger partial charge in [-0.15, -0.1) is 0 Å². The summed E-state index contributed by atoms with van der Waals surface area (Å²) < 4.78 is 7.05. The summed E-state index contributed by atoms with van der Waals surface area (Å²) in [6.45, 7) is 6.30. The van der Waals surface area contributed by atoms with E-state index in [-0.39, 0.29) is 12.6 Å². The van der Waals surface area contributed by atoms with E-state index in [9.17, 15) is 9.90 Å². The van der Waals surface area contributed by atoms with Crippen LogP contribution in [-0.4, -0.2) is 27.7 Å². The molecule has 5 nitrogen and oxygen atoms in total. The predicted octanol–water partition coefficient (Wildman–Crippen LogP) is 6.79. The average Bonchev–Trinajstić information content (AvgIpc) is 3.29. The third-order valence-electron chi connectivity index (χ3n) is 6.40. The van der Waals surface area contributed by atoms with Crippen molar-refractivity contribution in [2.45, 2.75) is 49.6 Å². The molecule has 0 aliphatic carbocycles. The molecule has 1 aromatic heterocycles. The lowest BCUT2D eigenvalue weighted by Crippen LogP contribution is -2.10. The average molecular weight is 487 g/mol. The van der Waals surface area contributed by atoms with Crippen LogP contribution in [0, 0.1) is 6.92 Å². The fourth-order valence-electron chi connectivity index (χ4n) is 4.34. The number of benzene rings is 3. The van der Waals surface area contributed by atoms with E-state index in [1.54, 1.807) is 12.4 Å². The van der Waals surface area contributed by atoms with Crippen LogP contribution in [0.1, 0.15) is 53.4 Å². The lowest BCUT2D eigenvalue weighted by Gasteiger charge is -2.23. The molecule has 3 aromatic carbocycles. The van der Waals surface area contributed by atoms with Gasteiger partial charge in [-0.25, -0.2) is 9.78 Å². The second-order valence-corrected chi connectivity index (χ2v) is 9.52.